The van der Waals surface area contributed by atoms with Crippen molar-refractivity contribution < 1.29 is 0 Å². The van der Waals surface area contributed by atoms with E-state index in [1.807, 2.05) is 38.6 Å². The minimum atomic E-state index is 0.978. The van der Waals surface area contributed by atoms with Crippen LogP contribution in [0.15, 0.2) is 79.1 Å². The zero-order valence-electron chi connectivity index (χ0n) is 15.8. The van der Waals surface area contributed by atoms with Crippen molar-refractivity contribution in [2.75, 3.05) is 24.3 Å². The molecule has 0 fully saturated rings. The summed E-state index contributed by atoms with van der Waals surface area (Å²) in [5, 5.41) is 8.07. The van der Waals surface area contributed by atoms with Crippen LogP contribution in [0.3, 0.4) is 0 Å². The summed E-state index contributed by atoms with van der Waals surface area (Å²) in [6.07, 6.45) is 3.71. The molecule has 0 saturated carbocycles. The monoisotopic (exact) mass is 364 g/mol. The van der Waals surface area contributed by atoms with Gasteiger partial charge in [-0.05, 0) is 42.5 Å². The Kier molecular flexibility index (Phi) is 3.83. The minimum absolute atomic E-state index is 0.978. The summed E-state index contributed by atoms with van der Waals surface area (Å²) in [6.45, 7) is 0. The highest BCUT2D eigenvalue weighted by atomic mass is 15.1. The second-order valence-electron chi connectivity index (χ2n) is 7.13. The fraction of sp³-hybridized carbons (Fsp3) is 0.0833. The molecule has 5 rings (SSSR count). The number of hydrogen-bond acceptors (Lipinski definition) is 4. The Morgan fingerprint density at radius 3 is 2.43 bits per heavy atom. The van der Waals surface area contributed by atoms with Gasteiger partial charge in [0.15, 0.2) is 0 Å². The largest absolute Gasteiger partial charge is 0.378 e. The van der Waals surface area contributed by atoms with E-state index in [2.05, 4.69) is 69.8 Å². The Bertz CT molecular complexity index is 1310. The molecule has 0 amide bonds. The fourth-order valence-electron chi connectivity index (χ4n) is 3.64. The van der Waals surface area contributed by atoms with Crippen molar-refractivity contribution in [3.63, 3.8) is 0 Å². The molecule has 4 heteroatoms. The van der Waals surface area contributed by atoms with Crippen LogP contribution in [-0.4, -0.2) is 24.1 Å². The quantitative estimate of drug-likeness (QED) is 0.327. The lowest BCUT2D eigenvalue weighted by molar-refractivity contribution is 1.13. The first-order valence-corrected chi connectivity index (χ1v) is 9.30. The molecule has 1 N–H and O–H groups in total. The molecule has 4 nitrogen and oxygen atoms in total. The minimum Gasteiger partial charge on any atom is -0.378 e. The number of fused-ring (bicyclic) bond motifs is 4. The van der Waals surface area contributed by atoms with Gasteiger partial charge in [-0.2, -0.15) is 0 Å². The van der Waals surface area contributed by atoms with Crippen molar-refractivity contribution >= 4 is 49.6 Å². The van der Waals surface area contributed by atoms with E-state index in [0.29, 0.717) is 0 Å². The summed E-state index contributed by atoms with van der Waals surface area (Å²) in [5.74, 6) is 0. The number of nitrogens with one attached hydrogen (secondary N) is 1. The summed E-state index contributed by atoms with van der Waals surface area (Å²) in [5.41, 5.74) is 5.28. The number of anilines is 3. The molecule has 0 saturated heterocycles. The van der Waals surface area contributed by atoms with Gasteiger partial charge in [0.05, 0.1) is 16.7 Å². The van der Waals surface area contributed by atoms with Crippen molar-refractivity contribution in [1.29, 1.82) is 0 Å². The van der Waals surface area contributed by atoms with Crippen LogP contribution in [0.25, 0.3) is 32.6 Å². The molecule has 0 aliphatic heterocycles. The number of nitrogens with zero attached hydrogens (tertiary/aromatic N) is 3. The molecule has 0 spiro atoms. The standard InChI is InChI=1S/C24H20N4/c1-28(2)18-10-8-17(9-11-18)26-24-20-5-3-4-6-22(20)27-23-19-13-14-25-15-16(19)7-12-21(23)24/h3-15H,1-2H3,(H,26,27). The van der Waals surface area contributed by atoms with Crippen molar-refractivity contribution in [2.24, 2.45) is 0 Å². The summed E-state index contributed by atoms with van der Waals surface area (Å²) in [4.78, 5) is 11.3. The van der Waals surface area contributed by atoms with E-state index in [9.17, 15) is 0 Å². The Morgan fingerprint density at radius 1 is 0.786 bits per heavy atom. The molecule has 0 aliphatic rings. The number of para-hydroxylation sites is 1. The van der Waals surface area contributed by atoms with E-state index in [1.54, 1.807) is 0 Å². The predicted molar refractivity (Wildman–Crippen MR) is 119 cm³/mol. The van der Waals surface area contributed by atoms with E-state index in [0.717, 1.165) is 44.0 Å². The van der Waals surface area contributed by atoms with Crippen LogP contribution in [0, 0.1) is 0 Å². The molecule has 0 bridgehead atoms. The van der Waals surface area contributed by atoms with Crippen LogP contribution in [0.5, 0.6) is 0 Å². The first-order chi connectivity index (χ1) is 13.7. The van der Waals surface area contributed by atoms with Gasteiger partial charge >= 0.3 is 0 Å². The number of aromatic nitrogens is 2. The van der Waals surface area contributed by atoms with E-state index < -0.39 is 0 Å². The van der Waals surface area contributed by atoms with Crippen molar-refractivity contribution in [3.8, 4) is 0 Å². The Labute approximate surface area is 163 Å². The third kappa shape index (κ3) is 2.70. The first-order valence-electron chi connectivity index (χ1n) is 9.30. The van der Waals surface area contributed by atoms with Gasteiger partial charge in [-0.3, -0.25) is 4.98 Å². The van der Waals surface area contributed by atoms with E-state index in [4.69, 9.17) is 4.98 Å². The molecule has 5 aromatic rings. The normalized spacial score (nSPS) is 11.2. The van der Waals surface area contributed by atoms with Gasteiger partial charge < -0.3 is 10.2 Å². The molecule has 0 radical (unpaired) electrons. The molecule has 0 unspecified atom stereocenters. The number of hydrogen-bond donors (Lipinski definition) is 1. The summed E-state index contributed by atoms with van der Waals surface area (Å²) in [7, 11) is 4.10. The highest BCUT2D eigenvalue weighted by molar-refractivity contribution is 6.16. The van der Waals surface area contributed by atoms with E-state index in [-0.39, 0.29) is 0 Å². The van der Waals surface area contributed by atoms with Crippen molar-refractivity contribution in [2.45, 2.75) is 0 Å². The van der Waals surface area contributed by atoms with Gasteiger partial charge in [0.25, 0.3) is 0 Å². The van der Waals surface area contributed by atoms with Crippen molar-refractivity contribution in [3.05, 3.63) is 79.1 Å². The molecule has 28 heavy (non-hydrogen) atoms. The molecular weight excluding hydrogens is 344 g/mol. The third-order valence-corrected chi connectivity index (χ3v) is 5.12. The van der Waals surface area contributed by atoms with Crippen LogP contribution in [0.2, 0.25) is 0 Å². The number of pyridine rings is 2. The number of rotatable bonds is 3. The summed E-state index contributed by atoms with van der Waals surface area (Å²) >= 11 is 0. The van der Waals surface area contributed by atoms with Crippen LogP contribution >= 0.6 is 0 Å². The Morgan fingerprint density at radius 2 is 1.61 bits per heavy atom. The van der Waals surface area contributed by atoms with Gasteiger partial charge in [0.1, 0.15) is 0 Å². The highest BCUT2D eigenvalue weighted by Crippen LogP contribution is 2.36. The summed E-state index contributed by atoms with van der Waals surface area (Å²) in [6, 6.07) is 23.0. The molecule has 2 heterocycles. The molecule has 3 aromatic carbocycles. The zero-order valence-corrected chi connectivity index (χ0v) is 15.8. The molecule has 136 valence electrons. The molecular formula is C24H20N4. The fourth-order valence-corrected chi connectivity index (χ4v) is 3.64. The molecule has 2 aromatic heterocycles. The average Bonchev–Trinajstić information content (AvgIpc) is 2.74. The zero-order chi connectivity index (χ0) is 19.1. The van der Waals surface area contributed by atoms with Crippen LogP contribution in [0.1, 0.15) is 0 Å². The predicted octanol–water partition coefficient (Wildman–Crippen LogP) is 5.75. The topological polar surface area (TPSA) is 41.0 Å². The van der Waals surface area contributed by atoms with E-state index in [1.165, 1.54) is 5.69 Å². The van der Waals surface area contributed by atoms with Gasteiger partial charge in [-0.1, -0.05) is 24.3 Å². The highest BCUT2D eigenvalue weighted by Gasteiger charge is 2.12. The first kappa shape index (κ1) is 16.5. The van der Waals surface area contributed by atoms with Gasteiger partial charge in [-0.15, -0.1) is 0 Å². The maximum absolute atomic E-state index is 4.97. The SMILES string of the molecule is CN(C)c1ccc(Nc2c3ccccc3nc3c2ccc2cnccc23)cc1. The Hall–Kier alpha value is -3.66. The second kappa shape index (κ2) is 6.50. The Balaban J connectivity index is 1.76. The average molecular weight is 364 g/mol. The van der Waals surface area contributed by atoms with Crippen molar-refractivity contribution in [1.82, 2.24) is 9.97 Å². The lowest BCUT2D eigenvalue weighted by Gasteiger charge is -2.16. The van der Waals surface area contributed by atoms with Crippen LogP contribution < -0.4 is 10.2 Å². The van der Waals surface area contributed by atoms with Gasteiger partial charge in [-0.25, -0.2) is 4.98 Å². The third-order valence-electron chi connectivity index (χ3n) is 5.12. The van der Waals surface area contributed by atoms with Crippen LogP contribution in [0.4, 0.5) is 17.1 Å². The second-order valence-corrected chi connectivity index (χ2v) is 7.13. The molecule has 0 aliphatic carbocycles. The maximum atomic E-state index is 4.97. The smallest absolute Gasteiger partial charge is 0.0810 e. The van der Waals surface area contributed by atoms with Gasteiger partial charge in [0.2, 0.25) is 0 Å². The van der Waals surface area contributed by atoms with Crippen LogP contribution in [-0.2, 0) is 0 Å². The molecule has 0 atom stereocenters. The summed E-state index contributed by atoms with van der Waals surface area (Å²) < 4.78 is 0. The lowest BCUT2D eigenvalue weighted by atomic mass is 10.0. The van der Waals surface area contributed by atoms with Gasteiger partial charge in [0, 0.05) is 59.4 Å². The maximum Gasteiger partial charge on any atom is 0.0810 e. The number of benzene rings is 3. The lowest BCUT2D eigenvalue weighted by Crippen LogP contribution is -2.08. The van der Waals surface area contributed by atoms with E-state index >= 15 is 0 Å².